The fraction of sp³-hybridized carbons (Fsp3) is 0.182. The van der Waals surface area contributed by atoms with E-state index in [1.165, 1.54) is 34.1 Å². The van der Waals surface area contributed by atoms with Crippen molar-refractivity contribution in [3.63, 3.8) is 0 Å². The molecule has 0 unspecified atom stereocenters. The van der Waals surface area contributed by atoms with Crippen LogP contribution in [-0.2, 0) is 0 Å². The van der Waals surface area contributed by atoms with E-state index in [-0.39, 0.29) is 5.69 Å². The predicted octanol–water partition coefficient (Wildman–Crippen LogP) is 4.16. The molecule has 1 aromatic heterocycles. The molecule has 0 aliphatic carbocycles. The lowest BCUT2D eigenvalue weighted by Gasteiger charge is -2.08. The number of hydrogen-bond acceptors (Lipinski definition) is 2. The Kier molecular flexibility index (Phi) is 2.90. The molecule has 1 aromatic carbocycles. The summed E-state index contributed by atoms with van der Waals surface area (Å²) in [6.07, 6.45) is 0. The van der Waals surface area contributed by atoms with E-state index in [4.69, 9.17) is 12.2 Å². The Morgan fingerprint density at radius 1 is 1.19 bits per heavy atom. The van der Waals surface area contributed by atoms with Crippen molar-refractivity contribution < 1.29 is 8.78 Å². The second-order valence-electron chi connectivity index (χ2n) is 3.42. The molecule has 0 bridgehead atoms. The summed E-state index contributed by atoms with van der Waals surface area (Å²) in [6, 6.07) is 3.80. The van der Waals surface area contributed by atoms with Gasteiger partial charge in [-0.15, -0.1) is 11.3 Å². The van der Waals surface area contributed by atoms with Gasteiger partial charge < -0.3 is 0 Å². The largest absolute Gasteiger partial charge is 0.290 e. The highest BCUT2D eigenvalue weighted by Crippen LogP contribution is 2.25. The van der Waals surface area contributed by atoms with Gasteiger partial charge in [0.25, 0.3) is 0 Å². The van der Waals surface area contributed by atoms with E-state index < -0.39 is 11.6 Å². The van der Waals surface area contributed by atoms with Crippen LogP contribution in [0.15, 0.2) is 18.2 Å². The first-order valence-electron chi connectivity index (χ1n) is 4.66. The number of nitrogens with zero attached hydrogens (tertiary/aromatic N) is 1. The van der Waals surface area contributed by atoms with Gasteiger partial charge in [-0.1, -0.05) is 6.07 Å². The average molecular weight is 257 g/mol. The molecule has 5 heteroatoms. The summed E-state index contributed by atoms with van der Waals surface area (Å²) < 4.78 is 29.1. The number of benzene rings is 1. The number of aromatic nitrogens is 1. The lowest BCUT2D eigenvalue weighted by atomic mass is 10.2. The van der Waals surface area contributed by atoms with Crippen molar-refractivity contribution in [1.82, 2.24) is 4.57 Å². The number of thiazole rings is 1. The molecular weight excluding hydrogens is 248 g/mol. The Balaban J connectivity index is 2.82. The van der Waals surface area contributed by atoms with E-state index in [1.54, 1.807) is 6.92 Å². The van der Waals surface area contributed by atoms with E-state index in [9.17, 15) is 8.78 Å². The summed E-state index contributed by atoms with van der Waals surface area (Å²) in [6.45, 7) is 3.68. The molecule has 0 aliphatic heterocycles. The first-order chi connectivity index (χ1) is 7.52. The maximum absolute atomic E-state index is 13.6. The van der Waals surface area contributed by atoms with Crippen molar-refractivity contribution >= 4 is 23.6 Å². The van der Waals surface area contributed by atoms with Crippen LogP contribution < -0.4 is 0 Å². The standard InChI is InChI=1S/C11H9F2NS2/c1-6-7(2)16-11(15)14(6)10-8(12)4-3-5-9(10)13/h3-5H,1-2H3. The minimum absolute atomic E-state index is 0.0886. The monoisotopic (exact) mass is 257 g/mol. The summed E-state index contributed by atoms with van der Waals surface area (Å²) in [5, 5.41) is 0. The molecule has 2 rings (SSSR count). The van der Waals surface area contributed by atoms with E-state index in [0.29, 0.717) is 3.95 Å². The molecule has 0 spiro atoms. The van der Waals surface area contributed by atoms with Crippen molar-refractivity contribution in [3.05, 3.63) is 44.4 Å². The maximum atomic E-state index is 13.6. The summed E-state index contributed by atoms with van der Waals surface area (Å²) in [5.41, 5.74) is 0.688. The van der Waals surface area contributed by atoms with Gasteiger partial charge in [0, 0.05) is 10.6 Å². The Morgan fingerprint density at radius 2 is 1.75 bits per heavy atom. The van der Waals surface area contributed by atoms with Crippen molar-refractivity contribution in [2.75, 3.05) is 0 Å². The molecule has 0 fully saturated rings. The van der Waals surface area contributed by atoms with Gasteiger partial charge in [-0.2, -0.15) is 0 Å². The molecular formula is C11H9F2NS2. The molecule has 1 heterocycles. The molecule has 84 valence electrons. The highest BCUT2D eigenvalue weighted by molar-refractivity contribution is 7.73. The molecule has 0 atom stereocenters. The van der Waals surface area contributed by atoms with Gasteiger partial charge in [-0.25, -0.2) is 8.78 Å². The van der Waals surface area contributed by atoms with Gasteiger partial charge in [-0.05, 0) is 38.2 Å². The molecule has 0 aliphatic rings. The lowest BCUT2D eigenvalue weighted by Crippen LogP contribution is -2.03. The lowest BCUT2D eigenvalue weighted by molar-refractivity contribution is 0.567. The van der Waals surface area contributed by atoms with Crippen LogP contribution in [0.3, 0.4) is 0 Å². The maximum Gasteiger partial charge on any atom is 0.166 e. The third kappa shape index (κ3) is 1.70. The van der Waals surface area contributed by atoms with Crippen LogP contribution in [0.1, 0.15) is 10.6 Å². The van der Waals surface area contributed by atoms with Crippen LogP contribution in [0.2, 0.25) is 0 Å². The number of hydrogen-bond donors (Lipinski definition) is 0. The molecule has 0 radical (unpaired) electrons. The highest BCUT2D eigenvalue weighted by Gasteiger charge is 2.15. The van der Waals surface area contributed by atoms with E-state index in [0.717, 1.165) is 10.6 Å². The van der Waals surface area contributed by atoms with Crippen LogP contribution in [0, 0.1) is 29.4 Å². The molecule has 0 saturated carbocycles. The Bertz CT molecular complexity index is 578. The van der Waals surface area contributed by atoms with Crippen LogP contribution in [0.25, 0.3) is 5.69 Å². The smallest absolute Gasteiger partial charge is 0.166 e. The molecule has 16 heavy (non-hydrogen) atoms. The van der Waals surface area contributed by atoms with Crippen LogP contribution in [-0.4, -0.2) is 4.57 Å². The number of rotatable bonds is 1. The quantitative estimate of drug-likeness (QED) is 0.694. The first kappa shape index (κ1) is 11.4. The zero-order chi connectivity index (χ0) is 11.9. The van der Waals surface area contributed by atoms with Gasteiger partial charge in [-0.3, -0.25) is 4.57 Å². The van der Waals surface area contributed by atoms with Crippen molar-refractivity contribution in [1.29, 1.82) is 0 Å². The zero-order valence-electron chi connectivity index (χ0n) is 8.75. The van der Waals surface area contributed by atoms with E-state index in [2.05, 4.69) is 0 Å². The predicted molar refractivity (Wildman–Crippen MR) is 63.9 cm³/mol. The normalized spacial score (nSPS) is 10.8. The summed E-state index contributed by atoms with van der Waals surface area (Å²) >= 11 is 6.46. The fourth-order valence-corrected chi connectivity index (χ4v) is 2.93. The van der Waals surface area contributed by atoms with Crippen LogP contribution >= 0.6 is 23.6 Å². The molecule has 2 aromatic rings. The minimum atomic E-state index is -0.600. The SMILES string of the molecule is Cc1sc(=S)n(-c2c(F)cccc2F)c1C. The van der Waals surface area contributed by atoms with Crippen molar-refractivity contribution in [2.45, 2.75) is 13.8 Å². The summed E-state index contributed by atoms with van der Waals surface area (Å²) in [5.74, 6) is -1.20. The van der Waals surface area contributed by atoms with E-state index >= 15 is 0 Å². The topological polar surface area (TPSA) is 4.93 Å². The molecule has 0 N–H and O–H groups in total. The minimum Gasteiger partial charge on any atom is -0.290 e. The van der Waals surface area contributed by atoms with E-state index in [1.807, 2.05) is 6.92 Å². The van der Waals surface area contributed by atoms with Gasteiger partial charge in [0.05, 0.1) is 0 Å². The summed E-state index contributed by atoms with van der Waals surface area (Å²) in [7, 11) is 0. The summed E-state index contributed by atoms with van der Waals surface area (Å²) in [4.78, 5) is 0.965. The fourth-order valence-electron chi connectivity index (χ4n) is 1.51. The Labute approximate surface area is 101 Å². The average Bonchev–Trinajstić information content (AvgIpc) is 2.44. The van der Waals surface area contributed by atoms with Gasteiger partial charge in [0.15, 0.2) is 3.95 Å². The Morgan fingerprint density at radius 3 is 2.19 bits per heavy atom. The van der Waals surface area contributed by atoms with Gasteiger partial charge >= 0.3 is 0 Å². The number of aryl methyl sites for hydroxylation is 1. The number of para-hydroxylation sites is 1. The molecule has 1 nitrogen and oxygen atoms in total. The van der Waals surface area contributed by atoms with Crippen LogP contribution in [0.4, 0.5) is 8.78 Å². The zero-order valence-corrected chi connectivity index (χ0v) is 10.4. The molecule has 0 amide bonds. The van der Waals surface area contributed by atoms with Gasteiger partial charge in [0.2, 0.25) is 0 Å². The Hall–Kier alpha value is -1.07. The van der Waals surface area contributed by atoms with Crippen molar-refractivity contribution in [3.8, 4) is 5.69 Å². The van der Waals surface area contributed by atoms with Crippen LogP contribution in [0.5, 0.6) is 0 Å². The van der Waals surface area contributed by atoms with Gasteiger partial charge in [0.1, 0.15) is 17.3 Å². The molecule has 0 saturated heterocycles. The second-order valence-corrected chi connectivity index (χ2v) is 5.26. The highest BCUT2D eigenvalue weighted by atomic mass is 32.1. The second kappa shape index (κ2) is 4.07. The number of halogens is 2. The first-order valence-corrected chi connectivity index (χ1v) is 5.88. The third-order valence-corrected chi connectivity index (χ3v) is 3.82. The van der Waals surface area contributed by atoms with Crippen molar-refractivity contribution in [2.24, 2.45) is 0 Å². The third-order valence-electron chi connectivity index (χ3n) is 2.43.